The maximum absolute atomic E-state index is 13.5. The molecule has 0 spiro atoms. The zero-order valence-corrected chi connectivity index (χ0v) is 16.4. The van der Waals surface area contributed by atoms with E-state index >= 15 is 0 Å². The largest absolute Gasteiger partial charge is 0.488 e. The monoisotopic (exact) mass is 407 g/mol. The van der Waals surface area contributed by atoms with Gasteiger partial charge in [-0.15, -0.1) is 0 Å². The van der Waals surface area contributed by atoms with Gasteiger partial charge in [0.2, 0.25) is 5.88 Å². The van der Waals surface area contributed by atoms with Crippen LogP contribution in [0.25, 0.3) is 39.0 Å². The topological polar surface area (TPSA) is 73.0 Å². The Morgan fingerprint density at radius 3 is 2.65 bits per heavy atom. The Morgan fingerprint density at radius 2 is 1.74 bits per heavy atom. The highest BCUT2D eigenvalue weighted by Crippen LogP contribution is 2.32. The second-order valence-corrected chi connectivity index (χ2v) is 7.35. The van der Waals surface area contributed by atoms with Gasteiger partial charge in [0.05, 0.1) is 28.0 Å². The van der Waals surface area contributed by atoms with Crippen LogP contribution >= 0.6 is 0 Å². The number of aromatic nitrogens is 3. The number of hydrogen-bond donors (Lipinski definition) is 1. The molecule has 0 bridgehead atoms. The number of aromatic amines is 1. The molecule has 31 heavy (non-hydrogen) atoms. The summed E-state index contributed by atoms with van der Waals surface area (Å²) in [5.41, 5.74) is 3.23. The van der Waals surface area contributed by atoms with Crippen molar-refractivity contribution in [1.82, 2.24) is 14.8 Å². The van der Waals surface area contributed by atoms with Gasteiger partial charge in [0, 0.05) is 11.6 Å². The second-order valence-electron chi connectivity index (χ2n) is 7.35. The highest BCUT2D eigenvalue weighted by molar-refractivity contribution is 6.09. The number of nitrogens with zero attached hydrogens (tertiary/aromatic N) is 2. The lowest BCUT2D eigenvalue weighted by Gasteiger charge is -2.09. The molecule has 2 aromatic carbocycles. The fourth-order valence-corrected chi connectivity index (χ4v) is 3.91. The van der Waals surface area contributed by atoms with E-state index in [1.165, 1.54) is 4.68 Å². The Hall–Kier alpha value is -4.32. The van der Waals surface area contributed by atoms with Gasteiger partial charge in [-0.1, -0.05) is 48.5 Å². The van der Waals surface area contributed by atoms with Crippen LogP contribution in [0.2, 0.25) is 0 Å². The minimum absolute atomic E-state index is 0.269. The molecule has 3 heterocycles. The Morgan fingerprint density at radius 1 is 0.871 bits per heavy atom. The third-order valence-electron chi connectivity index (χ3n) is 5.40. The minimum Gasteiger partial charge on any atom is -0.488 e. The molecule has 0 saturated heterocycles. The summed E-state index contributed by atoms with van der Waals surface area (Å²) in [7, 11) is 0. The van der Waals surface area contributed by atoms with Crippen LogP contribution in [-0.4, -0.2) is 14.8 Å². The van der Waals surface area contributed by atoms with Crippen molar-refractivity contribution in [2.45, 2.75) is 6.61 Å². The molecule has 0 saturated carbocycles. The minimum atomic E-state index is -0.269. The summed E-state index contributed by atoms with van der Waals surface area (Å²) in [6, 6.07) is 25.0. The van der Waals surface area contributed by atoms with Gasteiger partial charge in [0.1, 0.15) is 18.1 Å². The van der Waals surface area contributed by atoms with Crippen molar-refractivity contribution in [3.05, 3.63) is 101 Å². The molecule has 1 aliphatic heterocycles. The lowest BCUT2D eigenvalue weighted by Crippen LogP contribution is -2.20. The molecule has 6 rings (SSSR count). The Kier molecular flexibility index (Phi) is 3.89. The molecular weight excluding hydrogens is 390 g/mol. The molecule has 1 aliphatic carbocycles. The molecule has 0 fully saturated rings. The molecule has 0 atom stereocenters. The lowest BCUT2D eigenvalue weighted by molar-refractivity contribution is 0.310. The first-order chi connectivity index (χ1) is 15.3. The molecule has 6 nitrogen and oxygen atoms in total. The van der Waals surface area contributed by atoms with Crippen LogP contribution in [0.1, 0.15) is 5.56 Å². The third-order valence-corrected chi connectivity index (χ3v) is 5.40. The fraction of sp³-hybridized carbons (Fsp3) is 0.0400. The number of benzene rings is 2. The van der Waals surface area contributed by atoms with Gasteiger partial charge in [-0.3, -0.25) is 4.79 Å². The predicted octanol–water partition coefficient (Wildman–Crippen LogP) is 5.14. The van der Waals surface area contributed by atoms with Crippen molar-refractivity contribution in [2.75, 3.05) is 0 Å². The van der Waals surface area contributed by atoms with E-state index in [0.29, 0.717) is 34.9 Å². The van der Waals surface area contributed by atoms with E-state index < -0.39 is 0 Å². The molecule has 0 amide bonds. The van der Waals surface area contributed by atoms with Gasteiger partial charge in [0.15, 0.2) is 0 Å². The molecule has 150 valence electrons. The van der Waals surface area contributed by atoms with Gasteiger partial charge < -0.3 is 14.1 Å². The van der Waals surface area contributed by atoms with Crippen LogP contribution in [0.3, 0.4) is 0 Å². The standard InChI is InChI=1S/C25H17N3O3/c29-25-24-19(14-26-28(25)22-13-12-17-8-4-10-20(17)31-22)27-18-9-5-11-21(23(18)24)30-15-16-6-2-1-3-7-16/h1-14,27H,15H2. The van der Waals surface area contributed by atoms with E-state index in [1.807, 2.05) is 72.8 Å². The summed E-state index contributed by atoms with van der Waals surface area (Å²) in [6.07, 6.45) is 1.64. The van der Waals surface area contributed by atoms with E-state index in [4.69, 9.17) is 9.15 Å². The quantitative estimate of drug-likeness (QED) is 0.439. The summed E-state index contributed by atoms with van der Waals surface area (Å²) in [6.45, 7) is 0.412. The van der Waals surface area contributed by atoms with E-state index in [0.717, 1.165) is 22.0 Å². The van der Waals surface area contributed by atoms with Crippen molar-refractivity contribution in [3.8, 4) is 23.0 Å². The number of hydrogen-bond acceptors (Lipinski definition) is 4. The van der Waals surface area contributed by atoms with Crippen LogP contribution in [0.15, 0.2) is 94.3 Å². The molecule has 0 unspecified atom stereocenters. The van der Waals surface area contributed by atoms with Crippen molar-refractivity contribution in [2.24, 2.45) is 0 Å². The zero-order chi connectivity index (χ0) is 20.8. The Bertz CT molecular complexity index is 1560. The number of nitrogens with one attached hydrogen (secondary N) is 1. The van der Waals surface area contributed by atoms with Crippen LogP contribution in [0.4, 0.5) is 0 Å². The maximum Gasteiger partial charge on any atom is 0.284 e. The van der Waals surface area contributed by atoms with Crippen LogP contribution in [0, 0.1) is 0 Å². The maximum atomic E-state index is 13.5. The fourth-order valence-electron chi connectivity index (χ4n) is 3.91. The summed E-state index contributed by atoms with van der Waals surface area (Å²) < 4.78 is 13.3. The predicted molar refractivity (Wildman–Crippen MR) is 119 cm³/mol. The van der Waals surface area contributed by atoms with E-state index in [9.17, 15) is 4.79 Å². The smallest absolute Gasteiger partial charge is 0.284 e. The van der Waals surface area contributed by atoms with Gasteiger partial charge in [-0.25, -0.2) is 0 Å². The van der Waals surface area contributed by atoms with E-state index in [1.54, 1.807) is 12.3 Å². The number of H-pyrrole nitrogens is 1. The first-order valence-electron chi connectivity index (χ1n) is 9.96. The van der Waals surface area contributed by atoms with Crippen LogP contribution in [0.5, 0.6) is 5.75 Å². The summed E-state index contributed by atoms with van der Waals surface area (Å²) in [5, 5.41) is 5.58. The van der Waals surface area contributed by atoms with Gasteiger partial charge in [-0.2, -0.15) is 9.78 Å². The number of rotatable bonds is 4. The van der Waals surface area contributed by atoms with Crippen molar-refractivity contribution < 1.29 is 9.15 Å². The summed E-state index contributed by atoms with van der Waals surface area (Å²) >= 11 is 0. The number of ether oxygens (including phenoxy) is 1. The SMILES string of the molecule is O=c1c2c(cnn1-c1ccc3cccc-3o1)[nH]c1cccc(OCc3ccccc3)c12. The van der Waals surface area contributed by atoms with Gasteiger partial charge >= 0.3 is 0 Å². The molecule has 6 heteroatoms. The highest BCUT2D eigenvalue weighted by Gasteiger charge is 2.17. The highest BCUT2D eigenvalue weighted by atomic mass is 16.5. The summed E-state index contributed by atoms with van der Waals surface area (Å²) in [5.74, 6) is 1.71. The average molecular weight is 407 g/mol. The number of fused-ring (bicyclic) bond motifs is 4. The first kappa shape index (κ1) is 17.5. The average Bonchev–Trinajstić information content (AvgIpc) is 3.43. The molecule has 1 N–H and O–H groups in total. The Balaban J connectivity index is 1.51. The lowest BCUT2D eigenvalue weighted by atomic mass is 10.2. The molecular formula is C25H17N3O3. The molecule has 2 aromatic heterocycles. The molecule has 2 aliphatic rings. The second kappa shape index (κ2) is 6.88. The Labute approximate surface area is 176 Å². The van der Waals surface area contributed by atoms with Gasteiger partial charge in [-0.05, 0) is 29.8 Å². The van der Waals surface area contributed by atoms with Crippen molar-refractivity contribution >= 4 is 21.8 Å². The molecule has 4 aromatic rings. The van der Waals surface area contributed by atoms with E-state index in [-0.39, 0.29) is 5.56 Å². The summed E-state index contributed by atoms with van der Waals surface area (Å²) in [4.78, 5) is 16.7. The van der Waals surface area contributed by atoms with Crippen molar-refractivity contribution in [1.29, 1.82) is 0 Å². The normalized spacial score (nSPS) is 11.5. The third kappa shape index (κ3) is 2.88. The first-order valence-corrected chi connectivity index (χ1v) is 9.96. The van der Waals surface area contributed by atoms with E-state index in [2.05, 4.69) is 10.1 Å². The van der Waals surface area contributed by atoms with Crippen LogP contribution in [-0.2, 0) is 6.61 Å². The zero-order valence-electron chi connectivity index (χ0n) is 16.4. The van der Waals surface area contributed by atoms with Gasteiger partial charge in [0.25, 0.3) is 5.56 Å². The van der Waals surface area contributed by atoms with Crippen LogP contribution < -0.4 is 10.3 Å². The van der Waals surface area contributed by atoms with Crippen molar-refractivity contribution in [3.63, 3.8) is 0 Å². The molecule has 0 radical (unpaired) electrons.